The Morgan fingerprint density at radius 2 is 1.41 bits per heavy atom. The minimum absolute atomic E-state index is 0.0392. The van der Waals surface area contributed by atoms with E-state index in [-0.39, 0.29) is 12.2 Å². The fraction of sp³-hybridized carbons (Fsp3) is 0.0741. The van der Waals surface area contributed by atoms with E-state index in [4.69, 9.17) is 34.8 Å². The number of benzene rings is 2. The summed E-state index contributed by atoms with van der Waals surface area (Å²) < 4.78 is 0. The molecule has 0 bridgehead atoms. The molecule has 3 heterocycles. The van der Waals surface area contributed by atoms with Gasteiger partial charge in [-0.15, -0.1) is 0 Å². The Balaban J connectivity index is 0.000000165. The second-order valence-corrected chi connectivity index (χ2v) is 8.83. The van der Waals surface area contributed by atoms with Gasteiger partial charge in [-0.25, -0.2) is 0 Å². The van der Waals surface area contributed by atoms with Crippen LogP contribution in [-0.4, -0.2) is 20.7 Å². The normalized spacial score (nSPS) is 10.6. The molecule has 0 unspecified atom stereocenters. The van der Waals surface area contributed by atoms with Gasteiger partial charge in [-0.05, 0) is 59.2 Å². The highest BCUT2D eigenvalue weighted by atomic mass is 35.5. The van der Waals surface area contributed by atoms with E-state index in [9.17, 15) is 4.79 Å². The maximum atomic E-state index is 12.0. The van der Waals surface area contributed by atoms with Crippen LogP contribution in [0.2, 0.25) is 15.1 Å². The maximum absolute atomic E-state index is 12.0. The van der Waals surface area contributed by atoms with E-state index >= 15 is 0 Å². The van der Waals surface area contributed by atoms with Crippen LogP contribution in [-0.2, 0) is 17.6 Å². The van der Waals surface area contributed by atoms with Crippen molar-refractivity contribution < 1.29 is 4.79 Å². The molecule has 0 fully saturated rings. The lowest BCUT2D eigenvalue weighted by Gasteiger charge is -2.07. The van der Waals surface area contributed by atoms with Gasteiger partial charge in [0.1, 0.15) is 5.78 Å². The van der Waals surface area contributed by atoms with Crippen molar-refractivity contribution in [3.63, 3.8) is 0 Å². The van der Waals surface area contributed by atoms with Gasteiger partial charge in [-0.1, -0.05) is 53.0 Å². The molecule has 0 aliphatic rings. The molecular weight excluding hydrogens is 489 g/mol. The van der Waals surface area contributed by atoms with Gasteiger partial charge in [-0.2, -0.15) is 0 Å². The Hall–Kier alpha value is -3.18. The number of H-pyrrole nitrogens is 1. The molecule has 0 amide bonds. The van der Waals surface area contributed by atoms with E-state index in [0.29, 0.717) is 27.1 Å². The highest BCUT2D eigenvalue weighted by molar-refractivity contribution is 6.39. The van der Waals surface area contributed by atoms with Crippen molar-refractivity contribution >= 4 is 51.5 Å². The molecule has 0 radical (unpaired) electrons. The number of aromatic nitrogens is 3. The molecule has 0 saturated heterocycles. The zero-order chi connectivity index (χ0) is 23.9. The van der Waals surface area contributed by atoms with E-state index in [1.807, 2.05) is 48.9 Å². The standard InChI is InChI=1S/C14H10Cl3NO.C13H10N2/c15-10-6-13(16)12(14(17)7-10)8-11(19)5-9-1-3-18-4-2-9;1-2-4-13-11(3-1)12(9-15-13)10-5-7-14-8-6-10/h1-4,6-7H,5,8H2;1-9,15H. The van der Waals surface area contributed by atoms with Gasteiger partial charge in [-0.3, -0.25) is 14.8 Å². The molecule has 0 aliphatic carbocycles. The smallest absolute Gasteiger partial charge is 0.141 e. The molecule has 3 aromatic heterocycles. The Bertz CT molecular complexity index is 1380. The van der Waals surface area contributed by atoms with E-state index in [1.165, 1.54) is 22.0 Å². The lowest BCUT2D eigenvalue weighted by atomic mass is 10.0. The molecule has 0 atom stereocenters. The molecule has 2 aromatic carbocycles. The average Bonchev–Trinajstić information content (AvgIpc) is 3.27. The van der Waals surface area contributed by atoms with Crippen molar-refractivity contribution in [2.75, 3.05) is 0 Å². The van der Waals surface area contributed by atoms with Crippen molar-refractivity contribution in [1.82, 2.24) is 15.0 Å². The quantitative estimate of drug-likeness (QED) is 0.265. The first-order valence-corrected chi connectivity index (χ1v) is 11.6. The SMILES string of the molecule is O=C(Cc1ccncc1)Cc1c(Cl)cc(Cl)cc1Cl.c1ccc2c(-c3ccncc3)c[nH]c2c1. The summed E-state index contributed by atoms with van der Waals surface area (Å²) in [7, 11) is 0. The fourth-order valence-electron chi connectivity index (χ4n) is 3.57. The number of pyridine rings is 2. The number of hydrogen-bond acceptors (Lipinski definition) is 3. The van der Waals surface area contributed by atoms with Crippen LogP contribution in [0, 0.1) is 0 Å². The molecule has 5 rings (SSSR count). The number of hydrogen-bond donors (Lipinski definition) is 1. The number of halogens is 3. The van der Waals surface area contributed by atoms with Crippen LogP contribution in [0.5, 0.6) is 0 Å². The van der Waals surface area contributed by atoms with Gasteiger partial charge >= 0.3 is 0 Å². The highest BCUT2D eigenvalue weighted by Gasteiger charge is 2.13. The van der Waals surface area contributed by atoms with E-state index in [0.717, 1.165) is 5.56 Å². The highest BCUT2D eigenvalue weighted by Crippen LogP contribution is 2.30. The van der Waals surface area contributed by atoms with Crippen LogP contribution in [0.4, 0.5) is 0 Å². The van der Waals surface area contributed by atoms with Gasteiger partial charge in [0.2, 0.25) is 0 Å². The number of para-hydroxylation sites is 1. The topological polar surface area (TPSA) is 58.6 Å². The second-order valence-electron chi connectivity index (χ2n) is 7.58. The van der Waals surface area contributed by atoms with Gasteiger partial charge < -0.3 is 4.98 Å². The molecule has 34 heavy (non-hydrogen) atoms. The summed E-state index contributed by atoms with van der Waals surface area (Å²) in [4.78, 5) is 23.2. The Labute approximate surface area is 212 Å². The van der Waals surface area contributed by atoms with Crippen LogP contribution in [0.25, 0.3) is 22.0 Å². The summed E-state index contributed by atoms with van der Waals surface area (Å²) in [5, 5.41) is 2.55. The Kier molecular flexibility index (Phi) is 7.96. The largest absolute Gasteiger partial charge is 0.361 e. The average molecular weight is 509 g/mol. The molecule has 1 N–H and O–H groups in total. The minimum atomic E-state index is 0.0392. The number of aromatic amines is 1. The zero-order valence-electron chi connectivity index (χ0n) is 18.0. The number of rotatable bonds is 5. The summed E-state index contributed by atoms with van der Waals surface area (Å²) >= 11 is 17.9. The summed E-state index contributed by atoms with van der Waals surface area (Å²) in [5.41, 5.74) is 5.13. The molecule has 4 nitrogen and oxygen atoms in total. The fourth-order valence-corrected chi connectivity index (χ4v) is 4.52. The van der Waals surface area contributed by atoms with E-state index < -0.39 is 0 Å². The predicted octanol–water partition coefficient (Wildman–Crippen LogP) is 7.63. The Morgan fingerprint density at radius 1 is 0.794 bits per heavy atom. The number of nitrogens with zero attached hydrogens (tertiary/aromatic N) is 2. The summed E-state index contributed by atoms with van der Waals surface area (Å²) in [6.45, 7) is 0. The van der Waals surface area contributed by atoms with Crippen molar-refractivity contribution in [1.29, 1.82) is 0 Å². The molecule has 0 aliphatic heterocycles. The van der Waals surface area contributed by atoms with Crippen LogP contribution in [0.1, 0.15) is 11.1 Å². The number of carbonyl (C=O) groups is 1. The number of Topliss-reactive ketones (excluding diaryl/α,β-unsaturated/α-hetero) is 1. The summed E-state index contributed by atoms with van der Waals surface area (Å²) in [6.07, 6.45) is 9.51. The third kappa shape index (κ3) is 6.03. The van der Waals surface area contributed by atoms with E-state index in [2.05, 4.69) is 33.2 Å². The first-order chi connectivity index (χ1) is 16.5. The van der Waals surface area contributed by atoms with Crippen molar-refractivity contribution in [2.45, 2.75) is 12.8 Å². The van der Waals surface area contributed by atoms with Gasteiger partial charge in [0.25, 0.3) is 0 Å². The van der Waals surface area contributed by atoms with Crippen LogP contribution in [0.15, 0.2) is 91.6 Å². The summed E-state index contributed by atoms with van der Waals surface area (Å²) in [6, 6.07) is 19.1. The van der Waals surface area contributed by atoms with Crippen LogP contribution < -0.4 is 0 Å². The van der Waals surface area contributed by atoms with Gasteiger partial charge in [0.15, 0.2) is 0 Å². The monoisotopic (exact) mass is 507 g/mol. The van der Waals surface area contributed by atoms with E-state index in [1.54, 1.807) is 24.5 Å². The van der Waals surface area contributed by atoms with Gasteiger partial charge in [0.05, 0.1) is 0 Å². The zero-order valence-corrected chi connectivity index (χ0v) is 20.3. The first kappa shape index (κ1) is 24.0. The van der Waals surface area contributed by atoms with Crippen LogP contribution in [0.3, 0.4) is 0 Å². The Morgan fingerprint density at radius 3 is 2.09 bits per heavy atom. The third-order valence-corrected chi connectivity index (χ3v) is 6.10. The predicted molar refractivity (Wildman–Crippen MR) is 140 cm³/mol. The maximum Gasteiger partial charge on any atom is 0.141 e. The lowest BCUT2D eigenvalue weighted by Crippen LogP contribution is -2.07. The third-order valence-electron chi connectivity index (χ3n) is 5.21. The van der Waals surface area contributed by atoms with Gasteiger partial charge in [0, 0.05) is 75.4 Å². The molecule has 7 heteroatoms. The molecule has 170 valence electrons. The van der Waals surface area contributed by atoms with Crippen molar-refractivity contribution in [3.8, 4) is 11.1 Å². The molecule has 0 spiro atoms. The lowest BCUT2D eigenvalue weighted by molar-refractivity contribution is -0.117. The number of ketones is 1. The number of nitrogens with one attached hydrogen (secondary N) is 1. The molecule has 0 saturated carbocycles. The number of fused-ring (bicyclic) bond motifs is 1. The first-order valence-electron chi connectivity index (χ1n) is 10.5. The molecule has 5 aromatic rings. The van der Waals surface area contributed by atoms with Crippen LogP contribution >= 0.6 is 34.8 Å². The minimum Gasteiger partial charge on any atom is -0.361 e. The molecular formula is C27H20Cl3N3O. The number of carbonyl (C=O) groups excluding carboxylic acids is 1. The summed E-state index contributed by atoms with van der Waals surface area (Å²) in [5.74, 6) is 0.0392. The van der Waals surface area contributed by atoms with Crippen molar-refractivity contribution in [2.24, 2.45) is 0 Å². The van der Waals surface area contributed by atoms with Crippen molar-refractivity contribution in [3.05, 3.63) is 118 Å². The second kappa shape index (κ2) is 11.3.